The van der Waals surface area contributed by atoms with Gasteiger partial charge >= 0.3 is 29.6 Å². The maximum Gasteiger partial charge on any atom is 1.00 e. The number of unbranched alkanes of at least 4 members (excludes halogenated alkanes) is 19. The van der Waals surface area contributed by atoms with Gasteiger partial charge in [-0.3, -0.25) is 4.18 Å². The predicted octanol–water partition coefficient (Wildman–Crippen LogP) is 4.47. The van der Waals surface area contributed by atoms with Gasteiger partial charge in [-0.25, -0.2) is 8.42 Å². The first-order valence-corrected chi connectivity index (χ1v) is 24.8. The fourth-order valence-electron chi connectivity index (χ4n) is 5.96. The molecule has 17 heteroatoms. The van der Waals surface area contributed by atoms with Crippen LogP contribution in [0.3, 0.4) is 0 Å². The van der Waals surface area contributed by atoms with Crippen LogP contribution in [0, 0.1) is 0 Å². The molecule has 0 spiro atoms. The van der Waals surface area contributed by atoms with Crippen molar-refractivity contribution < 1.29 is 98.8 Å². The smallest absolute Gasteiger partial charge is 0.726 e. The molecule has 0 aromatic heterocycles. The van der Waals surface area contributed by atoms with E-state index in [9.17, 15) is 13.0 Å². The van der Waals surface area contributed by atoms with E-state index in [1.165, 1.54) is 122 Å². The van der Waals surface area contributed by atoms with Gasteiger partial charge in [-0.1, -0.05) is 129 Å². The van der Waals surface area contributed by atoms with E-state index in [1.54, 1.807) is 0 Å². The van der Waals surface area contributed by atoms with Gasteiger partial charge in [0.15, 0.2) is 0 Å². The maximum absolute atomic E-state index is 10.3. The Kier molecular flexibility index (Phi) is 58.9. The number of hydrogen-bond donors (Lipinski definition) is 0. The third-order valence-corrected chi connectivity index (χ3v) is 9.77. The van der Waals surface area contributed by atoms with Gasteiger partial charge in [0.25, 0.3) is 0 Å². The van der Waals surface area contributed by atoms with Crippen LogP contribution in [0.25, 0.3) is 0 Å². The Bertz CT molecular complexity index is 895. The largest absolute Gasteiger partial charge is 1.00 e. The van der Waals surface area contributed by atoms with Crippen molar-refractivity contribution >= 4 is 10.4 Å². The Morgan fingerprint density at radius 2 is 0.426 bits per heavy atom. The fraction of sp³-hybridized carbons (Fsp3) is 1.00. The first-order chi connectivity index (χ1) is 29.6. The summed E-state index contributed by atoms with van der Waals surface area (Å²) in [6.07, 6.45) is 28.0. The summed E-state index contributed by atoms with van der Waals surface area (Å²) in [6.45, 7) is 12.3. The third kappa shape index (κ3) is 62.6. The van der Waals surface area contributed by atoms with Crippen molar-refractivity contribution in [2.45, 2.75) is 135 Å². The summed E-state index contributed by atoms with van der Waals surface area (Å²) < 4.78 is 94.8. The molecular formula is C44H89NaO15S. The van der Waals surface area contributed by atoms with Crippen LogP contribution >= 0.6 is 0 Å². The van der Waals surface area contributed by atoms with E-state index in [2.05, 4.69) is 11.1 Å². The summed E-state index contributed by atoms with van der Waals surface area (Å²) in [5.74, 6) is 0. The van der Waals surface area contributed by atoms with Crippen molar-refractivity contribution in [1.29, 1.82) is 0 Å². The van der Waals surface area contributed by atoms with Crippen molar-refractivity contribution in [3.63, 3.8) is 0 Å². The van der Waals surface area contributed by atoms with Gasteiger partial charge in [0.05, 0.1) is 145 Å². The van der Waals surface area contributed by atoms with Gasteiger partial charge in [0.1, 0.15) is 0 Å². The molecule has 0 N–H and O–H groups in total. The Morgan fingerprint density at radius 3 is 0.623 bits per heavy atom. The van der Waals surface area contributed by atoms with Crippen molar-refractivity contribution in [3.05, 3.63) is 0 Å². The minimum Gasteiger partial charge on any atom is -0.726 e. The van der Waals surface area contributed by atoms with Gasteiger partial charge in [0, 0.05) is 6.61 Å². The quantitative estimate of drug-likeness (QED) is 0.0363. The molecule has 61 heavy (non-hydrogen) atoms. The van der Waals surface area contributed by atoms with Gasteiger partial charge in [-0.2, -0.15) is 0 Å². The normalized spacial score (nSPS) is 11.8. The van der Waals surface area contributed by atoms with E-state index < -0.39 is 10.4 Å². The topological polar surface area (TPSA) is 168 Å². The second kappa shape index (κ2) is 56.6. The van der Waals surface area contributed by atoms with Gasteiger partial charge in [-0.15, -0.1) is 0 Å². The maximum atomic E-state index is 10.3. The van der Waals surface area contributed by atoms with E-state index in [0.29, 0.717) is 126 Å². The summed E-state index contributed by atoms with van der Waals surface area (Å²) in [6, 6.07) is 0. The molecule has 0 aromatic carbocycles. The first kappa shape index (κ1) is 63.5. The third-order valence-electron chi connectivity index (χ3n) is 9.32. The van der Waals surface area contributed by atoms with Gasteiger partial charge < -0.3 is 56.7 Å². The van der Waals surface area contributed by atoms with Gasteiger partial charge in [0.2, 0.25) is 10.4 Å². The molecule has 0 heterocycles. The molecule has 0 saturated heterocycles. The molecule has 0 aromatic rings. The van der Waals surface area contributed by atoms with E-state index in [0.717, 1.165) is 13.0 Å². The minimum absolute atomic E-state index is 0. The monoisotopic (exact) mass is 913 g/mol. The molecule has 0 bridgehead atoms. The molecule has 0 rings (SSSR count). The first-order valence-electron chi connectivity index (χ1n) is 23.5. The Labute approximate surface area is 394 Å². The standard InChI is InChI=1S/C44H90O15S.Na/c1-2-3-4-5-6-7-8-9-10-11-12-13-14-15-16-17-18-19-20-21-22-48-23-24-49-25-26-50-27-28-51-29-30-52-31-32-53-33-34-54-35-36-55-37-38-56-39-40-57-41-42-58-43-44-59-60(45,46)47;/h2-44H2,1H3,(H,45,46,47);/q;+1/p-1. The summed E-state index contributed by atoms with van der Waals surface area (Å²) in [5, 5.41) is 0. The molecule has 0 aliphatic carbocycles. The van der Waals surface area contributed by atoms with E-state index in [4.69, 9.17) is 52.1 Å². The average molecular weight is 913 g/mol. The molecule has 0 radical (unpaired) electrons. The van der Waals surface area contributed by atoms with Crippen LogP contribution in [-0.4, -0.2) is 165 Å². The van der Waals surface area contributed by atoms with Crippen LogP contribution in [0.4, 0.5) is 0 Å². The SMILES string of the molecule is CCCCCCCCCCCCCCCCCCCCCCOCCOCCOCCOCCOCCOCCOCCOCCOCCOCCOCCOS(=O)(=O)[O-].[Na+]. The zero-order valence-corrected chi connectivity index (χ0v) is 41.8. The molecule has 15 nitrogen and oxygen atoms in total. The second-order valence-corrected chi connectivity index (χ2v) is 15.7. The summed E-state index contributed by atoms with van der Waals surface area (Å²) in [7, 11) is -4.67. The predicted molar refractivity (Wildman–Crippen MR) is 233 cm³/mol. The molecule has 362 valence electrons. The van der Waals surface area contributed by atoms with Crippen LogP contribution in [0.5, 0.6) is 0 Å². The average Bonchev–Trinajstić information content (AvgIpc) is 3.23. The Hall–Kier alpha value is 0.430. The molecule has 0 unspecified atom stereocenters. The van der Waals surface area contributed by atoms with Crippen molar-refractivity contribution in [2.24, 2.45) is 0 Å². The second-order valence-electron chi connectivity index (χ2n) is 14.7. The molecule has 0 aliphatic heterocycles. The van der Waals surface area contributed by atoms with Gasteiger partial charge in [-0.05, 0) is 6.42 Å². The van der Waals surface area contributed by atoms with Crippen LogP contribution < -0.4 is 29.6 Å². The molecule has 0 amide bonds. The number of hydrogen-bond acceptors (Lipinski definition) is 15. The number of rotatable bonds is 55. The Balaban J connectivity index is 0. The van der Waals surface area contributed by atoms with Crippen molar-refractivity contribution in [3.8, 4) is 0 Å². The van der Waals surface area contributed by atoms with E-state index >= 15 is 0 Å². The Morgan fingerprint density at radius 1 is 0.262 bits per heavy atom. The minimum atomic E-state index is -4.67. The van der Waals surface area contributed by atoms with Crippen LogP contribution in [0.2, 0.25) is 0 Å². The molecular weight excluding hydrogens is 824 g/mol. The van der Waals surface area contributed by atoms with Crippen LogP contribution in [-0.2, 0) is 66.7 Å². The molecule has 0 saturated carbocycles. The van der Waals surface area contributed by atoms with Crippen molar-refractivity contribution in [1.82, 2.24) is 0 Å². The molecule has 0 fully saturated rings. The molecule has 0 aliphatic rings. The van der Waals surface area contributed by atoms with Crippen LogP contribution in [0.15, 0.2) is 0 Å². The summed E-state index contributed by atoms with van der Waals surface area (Å²) >= 11 is 0. The van der Waals surface area contributed by atoms with E-state index in [-0.39, 0.29) is 49.4 Å². The van der Waals surface area contributed by atoms with Crippen molar-refractivity contribution in [2.75, 3.05) is 152 Å². The summed E-state index contributed by atoms with van der Waals surface area (Å²) in [5.41, 5.74) is 0. The fourth-order valence-corrected chi connectivity index (χ4v) is 6.23. The zero-order chi connectivity index (χ0) is 43.4. The van der Waals surface area contributed by atoms with E-state index in [1.807, 2.05) is 0 Å². The van der Waals surface area contributed by atoms with Crippen LogP contribution in [0.1, 0.15) is 135 Å². The number of ether oxygens (including phenoxy) is 11. The summed E-state index contributed by atoms with van der Waals surface area (Å²) in [4.78, 5) is 0. The zero-order valence-electron chi connectivity index (χ0n) is 38.9. The molecule has 0 atom stereocenters.